The van der Waals surface area contributed by atoms with Crippen LogP contribution in [0.3, 0.4) is 0 Å². The minimum absolute atomic E-state index is 0.0412. The van der Waals surface area contributed by atoms with E-state index in [1.54, 1.807) is 0 Å². The number of rotatable bonds is 4. The lowest BCUT2D eigenvalue weighted by Gasteiger charge is -2.29. The highest BCUT2D eigenvalue weighted by atomic mass is 32.2. The maximum Gasteiger partial charge on any atom is 0.150 e. The molecule has 0 radical (unpaired) electrons. The first-order valence-electron chi connectivity index (χ1n) is 7.68. The Hall–Kier alpha value is -0.870. The van der Waals surface area contributed by atoms with E-state index in [1.807, 2.05) is 0 Å². The molecule has 0 aliphatic carbocycles. The molecule has 118 valence electrons. The van der Waals surface area contributed by atoms with Crippen molar-refractivity contribution >= 4 is 9.84 Å². The van der Waals surface area contributed by atoms with E-state index in [0.717, 1.165) is 13.0 Å². The van der Waals surface area contributed by atoms with E-state index in [-0.39, 0.29) is 17.4 Å². The minimum atomic E-state index is -2.84. The van der Waals surface area contributed by atoms with Crippen molar-refractivity contribution in [2.45, 2.75) is 45.6 Å². The monoisotopic (exact) mass is 309 g/mol. The first-order chi connectivity index (χ1) is 9.66. The summed E-state index contributed by atoms with van der Waals surface area (Å²) in [5, 5.41) is 3.55. The van der Waals surface area contributed by atoms with Crippen molar-refractivity contribution in [2.24, 2.45) is 5.92 Å². The smallest absolute Gasteiger partial charge is 0.150 e. The molecule has 3 nitrogen and oxygen atoms in total. The van der Waals surface area contributed by atoms with Gasteiger partial charge in [-0.25, -0.2) is 8.42 Å². The van der Waals surface area contributed by atoms with Crippen LogP contribution < -0.4 is 5.32 Å². The van der Waals surface area contributed by atoms with Gasteiger partial charge in [0, 0.05) is 18.0 Å². The third kappa shape index (κ3) is 4.82. The first-order valence-corrected chi connectivity index (χ1v) is 9.50. The van der Waals surface area contributed by atoms with Crippen LogP contribution in [-0.4, -0.2) is 32.0 Å². The molecule has 21 heavy (non-hydrogen) atoms. The van der Waals surface area contributed by atoms with Crippen molar-refractivity contribution in [1.29, 1.82) is 0 Å². The number of aryl methyl sites for hydroxylation is 1. The van der Waals surface area contributed by atoms with Crippen molar-refractivity contribution in [3.63, 3.8) is 0 Å². The Morgan fingerprint density at radius 3 is 2.57 bits per heavy atom. The second-order valence-corrected chi connectivity index (χ2v) is 9.54. The highest BCUT2D eigenvalue weighted by molar-refractivity contribution is 7.91. The Labute approximate surface area is 129 Å². The molecule has 1 aliphatic rings. The molecule has 0 amide bonds. The molecule has 2 rings (SSSR count). The zero-order valence-corrected chi connectivity index (χ0v) is 14.3. The molecular formula is C17H27NO2S. The maximum atomic E-state index is 11.8. The van der Waals surface area contributed by atoms with Gasteiger partial charge in [-0.05, 0) is 45.6 Å². The number of sulfone groups is 1. The summed E-state index contributed by atoms with van der Waals surface area (Å²) in [5.74, 6) is 1.17. The van der Waals surface area contributed by atoms with Crippen LogP contribution in [0.15, 0.2) is 24.3 Å². The molecule has 0 bridgehead atoms. The van der Waals surface area contributed by atoms with Crippen LogP contribution in [0.1, 0.15) is 44.2 Å². The molecule has 1 N–H and O–H groups in total. The Morgan fingerprint density at radius 1 is 1.33 bits per heavy atom. The van der Waals surface area contributed by atoms with Crippen molar-refractivity contribution in [2.75, 3.05) is 18.1 Å². The van der Waals surface area contributed by atoms with E-state index in [4.69, 9.17) is 0 Å². The lowest BCUT2D eigenvalue weighted by atomic mass is 9.84. The third-order valence-electron chi connectivity index (χ3n) is 4.16. The largest absolute Gasteiger partial charge is 0.311 e. The molecule has 2 unspecified atom stereocenters. The summed E-state index contributed by atoms with van der Waals surface area (Å²) in [4.78, 5) is 0. The van der Waals surface area contributed by atoms with Crippen LogP contribution in [-0.2, 0) is 9.84 Å². The summed E-state index contributed by atoms with van der Waals surface area (Å²) in [6.07, 6.45) is 0.784. The fourth-order valence-electron chi connectivity index (χ4n) is 3.01. The summed E-state index contributed by atoms with van der Waals surface area (Å²) in [7, 11) is -2.84. The lowest BCUT2D eigenvalue weighted by Crippen LogP contribution is -2.40. The van der Waals surface area contributed by atoms with E-state index in [9.17, 15) is 8.42 Å². The maximum absolute atomic E-state index is 11.8. The van der Waals surface area contributed by atoms with Crippen LogP contribution >= 0.6 is 0 Å². The van der Waals surface area contributed by atoms with Gasteiger partial charge in [-0.1, -0.05) is 29.8 Å². The quantitative estimate of drug-likeness (QED) is 0.930. The second-order valence-electron chi connectivity index (χ2n) is 7.31. The Morgan fingerprint density at radius 2 is 2.05 bits per heavy atom. The van der Waals surface area contributed by atoms with Crippen LogP contribution in [0.25, 0.3) is 0 Å². The van der Waals surface area contributed by atoms with E-state index in [2.05, 4.69) is 57.3 Å². The number of hydrogen-bond acceptors (Lipinski definition) is 3. The summed E-state index contributed by atoms with van der Waals surface area (Å²) in [5.41, 5.74) is 2.53. The minimum Gasteiger partial charge on any atom is -0.311 e. The van der Waals surface area contributed by atoms with E-state index >= 15 is 0 Å². The van der Waals surface area contributed by atoms with Gasteiger partial charge in [0.05, 0.1) is 11.5 Å². The number of nitrogens with one attached hydrogen (secondary N) is 1. The Bertz CT molecular complexity index is 587. The lowest BCUT2D eigenvalue weighted by molar-refractivity contribution is 0.363. The number of hydrogen-bond donors (Lipinski definition) is 1. The second kappa shape index (κ2) is 6.09. The summed E-state index contributed by atoms with van der Waals surface area (Å²) < 4.78 is 23.6. The molecule has 1 saturated heterocycles. The molecule has 1 heterocycles. The zero-order valence-electron chi connectivity index (χ0n) is 13.5. The zero-order chi connectivity index (χ0) is 15.7. The fourth-order valence-corrected chi connectivity index (χ4v) is 4.89. The molecule has 1 aromatic carbocycles. The molecule has 1 aliphatic heterocycles. The van der Waals surface area contributed by atoms with Gasteiger partial charge in [-0.3, -0.25) is 0 Å². The van der Waals surface area contributed by atoms with Crippen LogP contribution in [0, 0.1) is 12.8 Å². The highest BCUT2D eigenvalue weighted by Gasteiger charge is 2.34. The van der Waals surface area contributed by atoms with E-state index < -0.39 is 9.84 Å². The van der Waals surface area contributed by atoms with Gasteiger partial charge in [0.1, 0.15) is 0 Å². The van der Waals surface area contributed by atoms with Gasteiger partial charge in [0.25, 0.3) is 0 Å². The van der Waals surface area contributed by atoms with Gasteiger partial charge in [-0.2, -0.15) is 0 Å². The first kappa shape index (κ1) is 16.5. The van der Waals surface area contributed by atoms with E-state index in [1.165, 1.54) is 11.1 Å². The molecule has 0 spiro atoms. The molecular weight excluding hydrogens is 282 g/mol. The van der Waals surface area contributed by atoms with Crippen molar-refractivity contribution in [3.05, 3.63) is 35.4 Å². The molecule has 1 fully saturated rings. The average molecular weight is 309 g/mol. The van der Waals surface area contributed by atoms with Gasteiger partial charge >= 0.3 is 0 Å². The highest BCUT2D eigenvalue weighted by Crippen LogP contribution is 2.33. The molecule has 0 aromatic heterocycles. The third-order valence-corrected chi connectivity index (χ3v) is 5.95. The summed E-state index contributed by atoms with van der Waals surface area (Å²) in [6, 6.07) is 8.48. The molecule has 4 heteroatoms. The Kier molecular flexibility index (Phi) is 4.79. The van der Waals surface area contributed by atoms with Crippen molar-refractivity contribution in [3.8, 4) is 0 Å². The predicted octanol–water partition coefficient (Wildman–Crippen LogP) is 2.90. The molecule has 2 atom stereocenters. The van der Waals surface area contributed by atoms with Gasteiger partial charge < -0.3 is 5.32 Å². The van der Waals surface area contributed by atoms with Gasteiger partial charge in [0.15, 0.2) is 9.84 Å². The standard InChI is InChI=1S/C17H27NO2S/c1-13-6-5-7-14(10-13)16(11-18-17(2,3)4)15-8-9-21(19,20)12-15/h5-7,10,15-16,18H,8-9,11-12H2,1-4H3. The predicted molar refractivity (Wildman–Crippen MR) is 88.4 cm³/mol. The number of benzene rings is 1. The topological polar surface area (TPSA) is 46.2 Å². The van der Waals surface area contributed by atoms with Crippen LogP contribution in [0.5, 0.6) is 0 Å². The van der Waals surface area contributed by atoms with Crippen molar-refractivity contribution in [1.82, 2.24) is 5.32 Å². The SMILES string of the molecule is Cc1cccc(C(CNC(C)(C)C)C2CCS(=O)(=O)C2)c1. The average Bonchev–Trinajstić information content (AvgIpc) is 2.68. The van der Waals surface area contributed by atoms with Crippen LogP contribution in [0.4, 0.5) is 0 Å². The summed E-state index contributed by atoms with van der Waals surface area (Å²) in [6.45, 7) is 9.35. The van der Waals surface area contributed by atoms with Gasteiger partial charge in [-0.15, -0.1) is 0 Å². The molecule has 0 saturated carbocycles. The Balaban J connectivity index is 2.22. The van der Waals surface area contributed by atoms with E-state index in [0.29, 0.717) is 11.5 Å². The molecule has 1 aromatic rings. The fraction of sp³-hybridized carbons (Fsp3) is 0.647. The van der Waals surface area contributed by atoms with Crippen molar-refractivity contribution < 1.29 is 8.42 Å². The summed E-state index contributed by atoms with van der Waals surface area (Å²) >= 11 is 0. The van der Waals surface area contributed by atoms with Gasteiger partial charge in [0.2, 0.25) is 0 Å². The normalized spacial score (nSPS) is 23.1. The van der Waals surface area contributed by atoms with Crippen LogP contribution in [0.2, 0.25) is 0 Å².